The number of carbonyl (C=O) groups excluding carboxylic acids is 1. The van der Waals surface area contributed by atoms with E-state index in [0.29, 0.717) is 18.7 Å². The van der Waals surface area contributed by atoms with Crippen molar-refractivity contribution in [2.45, 2.75) is 13.8 Å². The number of nitrogens with one attached hydrogen (secondary N) is 3. The van der Waals surface area contributed by atoms with Crippen molar-refractivity contribution in [3.8, 4) is 0 Å². The summed E-state index contributed by atoms with van der Waals surface area (Å²) in [6, 6.07) is 0.769. The van der Waals surface area contributed by atoms with E-state index in [-0.39, 0.29) is 12.2 Å². The van der Waals surface area contributed by atoms with E-state index < -0.39 is 23.5 Å². The second kappa shape index (κ2) is 7.67. The quantitative estimate of drug-likeness (QED) is 0.579. The van der Waals surface area contributed by atoms with Crippen LogP contribution in [0.4, 0.5) is 29.3 Å². The lowest BCUT2D eigenvalue weighted by Crippen LogP contribution is -2.32. The summed E-state index contributed by atoms with van der Waals surface area (Å²) >= 11 is 0. The molecule has 1 aromatic carbocycles. The SMILES string of the molecule is Cc1cncc(C)c1NCCNC(=O)Nc1cc(F)c(F)c(F)c1. The van der Waals surface area contributed by atoms with Gasteiger partial charge in [0.15, 0.2) is 17.5 Å². The number of hydrogen-bond donors (Lipinski definition) is 3. The molecule has 0 aliphatic heterocycles. The van der Waals surface area contributed by atoms with Crippen LogP contribution in [-0.2, 0) is 0 Å². The summed E-state index contributed by atoms with van der Waals surface area (Å²) < 4.78 is 38.9. The molecule has 2 aromatic rings. The Bertz CT molecular complexity index is 709. The summed E-state index contributed by atoms with van der Waals surface area (Å²) in [5.74, 6) is -4.31. The van der Waals surface area contributed by atoms with Gasteiger partial charge in [-0.3, -0.25) is 4.98 Å². The minimum absolute atomic E-state index is 0.169. The Labute approximate surface area is 137 Å². The van der Waals surface area contributed by atoms with Crippen molar-refractivity contribution in [1.82, 2.24) is 10.3 Å². The Morgan fingerprint density at radius 3 is 2.21 bits per heavy atom. The predicted molar refractivity (Wildman–Crippen MR) is 85.5 cm³/mol. The maximum atomic E-state index is 13.1. The minimum atomic E-state index is -1.58. The number of aromatic nitrogens is 1. The fourth-order valence-corrected chi connectivity index (χ4v) is 2.15. The molecule has 1 aromatic heterocycles. The lowest BCUT2D eigenvalue weighted by molar-refractivity contribution is 0.252. The van der Waals surface area contributed by atoms with Gasteiger partial charge in [0, 0.05) is 49.0 Å². The summed E-state index contributed by atoms with van der Waals surface area (Å²) in [5.41, 5.74) is 2.74. The van der Waals surface area contributed by atoms with Gasteiger partial charge in [0.1, 0.15) is 0 Å². The van der Waals surface area contributed by atoms with Crippen molar-refractivity contribution in [3.63, 3.8) is 0 Å². The van der Waals surface area contributed by atoms with Gasteiger partial charge in [0.2, 0.25) is 0 Å². The van der Waals surface area contributed by atoms with E-state index in [1.54, 1.807) is 12.4 Å². The molecule has 0 saturated heterocycles. The van der Waals surface area contributed by atoms with Crippen LogP contribution in [0.2, 0.25) is 0 Å². The molecule has 0 radical (unpaired) electrons. The van der Waals surface area contributed by atoms with E-state index in [4.69, 9.17) is 0 Å². The first-order valence-corrected chi connectivity index (χ1v) is 7.23. The van der Waals surface area contributed by atoms with Gasteiger partial charge in [-0.05, 0) is 25.0 Å². The average Bonchev–Trinajstić information content (AvgIpc) is 2.51. The molecule has 2 amide bonds. The van der Waals surface area contributed by atoms with Crippen molar-refractivity contribution < 1.29 is 18.0 Å². The highest BCUT2D eigenvalue weighted by Gasteiger charge is 2.12. The van der Waals surface area contributed by atoms with Crippen molar-refractivity contribution in [2.75, 3.05) is 23.7 Å². The van der Waals surface area contributed by atoms with Gasteiger partial charge in [0.25, 0.3) is 0 Å². The Kier molecular flexibility index (Phi) is 5.62. The number of anilines is 2. The van der Waals surface area contributed by atoms with Crippen LogP contribution in [0.25, 0.3) is 0 Å². The maximum absolute atomic E-state index is 13.1. The zero-order chi connectivity index (χ0) is 17.7. The molecule has 8 heteroatoms. The van der Waals surface area contributed by atoms with Crippen LogP contribution >= 0.6 is 0 Å². The summed E-state index contributed by atoms with van der Waals surface area (Å²) in [6.07, 6.45) is 3.46. The summed E-state index contributed by atoms with van der Waals surface area (Å²) in [6.45, 7) is 4.56. The van der Waals surface area contributed by atoms with Gasteiger partial charge in [-0.1, -0.05) is 0 Å². The Hall–Kier alpha value is -2.77. The number of halogens is 3. The van der Waals surface area contributed by atoms with Gasteiger partial charge >= 0.3 is 6.03 Å². The zero-order valence-corrected chi connectivity index (χ0v) is 13.2. The lowest BCUT2D eigenvalue weighted by atomic mass is 10.2. The third-order valence-electron chi connectivity index (χ3n) is 3.28. The summed E-state index contributed by atoms with van der Waals surface area (Å²) in [5, 5.41) is 7.94. The van der Waals surface area contributed by atoms with Crippen molar-refractivity contribution >= 4 is 17.4 Å². The highest BCUT2D eigenvalue weighted by molar-refractivity contribution is 5.89. The summed E-state index contributed by atoms with van der Waals surface area (Å²) in [7, 11) is 0. The molecule has 0 unspecified atom stereocenters. The third kappa shape index (κ3) is 4.37. The van der Waals surface area contributed by atoms with E-state index in [1.165, 1.54) is 0 Å². The third-order valence-corrected chi connectivity index (χ3v) is 3.28. The molecule has 0 spiro atoms. The number of amides is 2. The largest absolute Gasteiger partial charge is 0.383 e. The minimum Gasteiger partial charge on any atom is -0.383 e. The number of benzene rings is 1. The average molecular weight is 338 g/mol. The molecule has 0 bridgehead atoms. The fourth-order valence-electron chi connectivity index (χ4n) is 2.15. The smallest absolute Gasteiger partial charge is 0.319 e. The zero-order valence-electron chi connectivity index (χ0n) is 13.2. The van der Waals surface area contributed by atoms with E-state index in [2.05, 4.69) is 20.9 Å². The van der Waals surface area contributed by atoms with Crippen LogP contribution in [0.15, 0.2) is 24.5 Å². The fraction of sp³-hybridized carbons (Fsp3) is 0.250. The van der Waals surface area contributed by atoms with Crippen LogP contribution in [-0.4, -0.2) is 24.1 Å². The molecule has 2 rings (SSSR count). The van der Waals surface area contributed by atoms with E-state index in [1.807, 2.05) is 13.8 Å². The number of urea groups is 1. The molecule has 5 nitrogen and oxygen atoms in total. The Balaban J connectivity index is 1.82. The molecular weight excluding hydrogens is 321 g/mol. The normalized spacial score (nSPS) is 10.4. The van der Waals surface area contributed by atoms with Crippen molar-refractivity contribution in [1.29, 1.82) is 0 Å². The first kappa shape index (κ1) is 17.6. The summed E-state index contributed by atoms with van der Waals surface area (Å²) in [4.78, 5) is 15.7. The standard InChI is InChI=1S/C16H17F3N4O/c1-9-7-20-8-10(2)15(9)21-3-4-22-16(24)23-11-5-12(17)14(19)13(18)6-11/h5-8H,3-4H2,1-2H3,(H,20,21)(H2,22,23,24). The molecule has 24 heavy (non-hydrogen) atoms. The molecule has 0 fully saturated rings. The monoisotopic (exact) mass is 338 g/mol. The Morgan fingerprint density at radius 1 is 1.04 bits per heavy atom. The molecule has 0 aliphatic rings. The molecule has 1 heterocycles. The van der Waals surface area contributed by atoms with E-state index in [9.17, 15) is 18.0 Å². The van der Waals surface area contributed by atoms with Gasteiger partial charge in [-0.2, -0.15) is 0 Å². The van der Waals surface area contributed by atoms with Crippen LogP contribution in [0.3, 0.4) is 0 Å². The highest BCUT2D eigenvalue weighted by Crippen LogP contribution is 2.18. The van der Waals surface area contributed by atoms with Crippen molar-refractivity contribution in [3.05, 3.63) is 53.1 Å². The maximum Gasteiger partial charge on any atom is 0.319 e. The predicted octanol–water partition coefficient (Wildman–Crippen LogP) is 3.35. The van der Waals surface area contributed by atoms with Crippen molar-refractivity contribution in [2.24, 2.45) is 0 Å². The molecule has 0 saturated carbocycles. The van der Waals surface area contributed by atoms with Gasteiger partial charge < -0.3 is 16.0 Å². The highest BCUT2D eigenvalue weighted by atomic mass is 19.2. The lowest BCUT2D eigenvalue weighted by Gasteiger charge is -2.13. The van der Waals surface area contributed by atoms with E-state index >= 15 is 0 Å². The number of rotatable bonds is 5. The molecule has 128 valence electrons. The molecule has 0 atom stereocenters. The second-order valence-corrected chi connectivity index (χ2v) is 5.21. The van der Waals surface area contributed by atoms with Gasteiger partial charge in [-0.15, -0.1) is 0 Å². The van der Waals surface area contributed by atoms with E-state index in [0.717, 1.165) is 16.8 Å². The number of carbonyl (C=O) groups is 1. The Morgan fingerprint density at radius 2 is 1.62 bits per heavy atom. The number of pyridine rings is 1. The first-order valence-electron chi connectivity index (χ1n) is 7.23. The second-order valence-electron chi connectivity index (χ2n) is 5.21. The first-order chi connectivity index (χ1) is 11.4. The van der Waals surface area contributed by atoms with Crippen LogP contribution < -0.4 is 16.0 Å². The number of hydrogen-bond acceptors (Lipinski definition) is 3. The van der Waals surface area contributed by atoms with Crippen LogP contribution in [0.1, 0.15) is 11.1 Å². The van der Waals surface area contributed by atoms with Crippen LogP contribution in [0.5, 0.6) is 0 Å². The number of aryl methyl sites for hydroxylation is 2. The molecule has 3 N–H and O–H groups in total. The van der Waals surface area contributed by atoms with Gasteiger partial charge in [-0.25, -0.2) is 18.0 Å². The topological polar surface area (TPSA) is 66.0 Å². The number of nitrogens with zero attached hydrogens (tertiary/aromatic N) is 1. The van der Waals surface area contributed by atoms with Crippen LogP contribution in [0, 0.1) is 31.3 Å². The molecule has 0 aliphatic carbocycles. The van der Waals surface area contributed by atoms with Gasteiger partial charge in [0.05, 0.1) is 0 Å². The molecular formula is C16H17F3N4O.